The number of aromatic nitrogens is 2. The molecule has 0 unspecified atom stereocenters. The van der Waals surface area contributed by atoms with Gasteiger partial charge < -0.3 is 4.74 Å². The predicted octanol–water partition coefficient (Wildman–Crippen LogP) is 2.55. The van der Waals surface area contributed by atoms with Gasteiger partial charge in [-0.2, -0.15) is 4.98 Å². The molecular formula is C12H16N4OS. The second-order valence-electron chi connectivity index (χ2n) is 4.60. The first-order chi connectivity index (χ1) is 8.86. The molecule has 1 fully saturated rings. The molecule has 2 heterocycles. The predicted molar refractivity (Wildman–Crippen MR) is 72.7 cm³/mol. The Balaban J connectivity index is 1.82. The molecule has 0 spiro atoms. The number of hydrogen-bond donors (Lipinski definition) is 2. The molecule has 0 aromatic carbocycles. The van der Waals surface area contributed by atoms with Crippen molar-refractivity contribution in [1.29, 1.82) is 0 Å². The van der Waals surface area contributed by atoms with Gasteiger partial charge in [0, 0.05) is 0 Å². The van der Waals surface area contributed by atoms with Gasteiger partial charge in [-0.25, -0.2) is 10.8 Å². The van der Waals surface area contributed by atoms with Gasteiger partial charge in [0.1, 0.15) is 4.83 Å². The number of anilines is 1. The van der Waals surface area contributed by atoms with Crippen molar-refractivity contribution >= 4 is 27.5 Å². The van der Waals surface area contributed by atoms with Crippen molar-refractivity contribution in [2.45, 2.75) is 25.7 Å². The number of nitrogens with two attached hydrogens (primary N) is 1. The Labute approximate surface area is 109 Å². The van der Waals surface area contributed by atoms with E-state index in [1.54, 1.807) is 11.3 Å². The summed E-state index contributed by atoms with van der Waals surface area (Å²) in [6.45, 7) is 0.742. The van der Waals surface area contributed by atoms with Crippen LogP contribution in [0.15, 0.2) is 11.4 Å². The minimum atomic E-state index is 0.409. The molecule has 3 N–H and O–H groups in total. The molecular weight excluding hydrogens is 248 g/mol. The summed E-state index contributed by atoms with van der Waals surface area (Å²) >= 11 is 1.56. The summed E-state index contributed by atoms with van der Waals surface area (Å²) in [5.74, 6) is 7.09. The molecule has 0 amide bonds. The van der Waals surface area contributed by atoms with Crippen LogP contribution in [-0.2, 0) is 0 Å². The lowest BCUT2D eigenvalue weighted by Gasteiger charge is -2.11. The summed E-state index contributed by atoms with van der Waals surface area (Å²) in [7, 11) is 0. The fourth-order valence-electron chi connectivity index (χ4n) is 2.38. The van der Waals surface area contributed by atoms with Crippen LogP contribution in [0.25, 0.3) is 10.2 Å². The lowest BCUT2D eigenvalue weighted by Crippen LogP contribution is -2.13. The summed E-state index contributed by atoms with van der Waals surface area (Å²) < 4.78 is 5.86. The molecule has 6 heteroatoms. The van der Waals surface area contributed by atoms with Gasteiger partial charge in [-0.3, -0.25) is 5.43 Å². The molecule has 96 valence electrons. The standard InChI is InChI=1S/C12H16N4OS/c13-16-12-14-10(9-5-6-18-11(9)15-12)17-7-8-3-1-2-4-8/h5-6,8H,1-4,7,13H2,(H,14,15,16). The van der Waals surface area contributed by atoms with Gasteiger partial charge >= 0.3 is 0 Å². The maximum absolute atomic E-state index is 5.86. The molecule has 3 rings (SSSR count). The molecule has 1 aliphatic rings. The van der Waals surface area contributed by atoms with E-state index in [4.69, 9.17) is 10.6 Å². The van der Waals surface area contributed by atoms with Crippen molar-refractivity contribution in [2.75, 3.05) is 12.0 Å². The second kappa shape index (κ2) is 5.07. The molecule has 0 saturated heterocycles. The monoisotopic (exact) mass is 264 g/mol. The lowest BCUT2D eigenvalue weighted by atomic mass is 10.1. The van der Waals surface area contributed by atoms with Gasteiger partial charge in [0.25, 0.3) is 0 Å². The van der Waals surface area contributed by atoms with Gasteiger partial charge in [-0.05, 0) is 30.2 Å². The summed E-state index contributed by atoms with van der Waals surface area (Å²) in [6, 6.07) is 1.99. The van der Waals surface area contributed by atoms with Gasteiger partial charge in [0.15, 0.2) is 0 Å². The average molecular weight is 264 g/mol. The largest absolute Gasteiger partial charge is 0.477 e. The fraction of sp³-hybridized carbons (Fsp3) is 0.500. The van der Waals surface area contributed by atoms with Gasteiger partial charge in [0.05, 0.1) is 12.0 Å². The van der Waals surface area contributed by atoms with Crippen LogP contribution in [0.5, 0.6) is 5.88 Å². The topological polar surface area (TPSA) is 73.1 Å². The molecule has 2 aromatic rings. The van der Waals surface area contributed by atoms with Crippen molar-refractivity contribution < 1.29 is 4.74 Å². The highest BCUT2D eigenvalue weighted by molar-refractivity contribution is 7.16. The van der Waals surface area contributed by atoms with Crippen molar-refractivity contribution in [3.63, 3.8) is 0 Å². The minimum absolute atomic E-state index is 0.409. The van der Waals surface area contributed by atoms with Crippen molar-refractivity contribution in [3.05, 3.63) is 11.4 Å². The lowest BCUT2D eigenvalue weighted by molar-refractivity contribution is 0.246. The highest BCUT2D eigenvalue weighted by Gasteiger charge is 2.17. The van der Waals surface area contributed by atoms with Crippen LogP contribution in [0.4, 0.5) is 5.95 Å². The van der Waals surface area contributed by atoms with Crippen LogP contribution in [0, 0.1) is 5.92 Å². The maximum atomic E-state index is 5.86. The Morgan fingerprint density at radius 3 is 3.00 bits per heavy atom. The van der Waals surface area contributed by atoms with E-state index in [0.29, 0.717) is 17.7 Å². The first kappa shape index (κ1) is 11.7. The third-order valence-corrected chi connectivity index (χ3v) is 4.16. The van der Waals surface area contributed by atoms with E-state index in [-0.39, 0.29) is 0 Å². The summed E-state index contributed by atoms with van der Waals surface area (Å²) in [6.07, 6.45) is 5.17. The van der Waals surface area contributed by atoms with Crippen LogP contribution in [-0.4, -0.2) is 16.6 Å². The zero-order valence-electron chi connectivity index (χ0n) is 10.1. The van der Waals surface area contributed by atoms with Crippen LogP contribution in [0.2, 0.25) is 0 Å². The molecule has 0 aliphatic heterocycles. The normalized spacial score (nSPS) is 16.3. The van der Waals surface area contributed by atoms with Crippen LogP contribution >= 0.6 is 11.3 Å². The number of thiophene rings is 1. The van der Waals surface area contributed by atoms with Crippen molar-refractivity contribution in [1.82, 2.24) is 9.97 Å². The smallest absolute Gasteiger partial charge is 0.241 e. The summed E-state index contributed by atoms with van der Waals surface area (Å²) in [5, 5.41) is 2.96. The van der Waals surface area contributed by atoms with E-state index in [1.807, 2.05) is 11.4 Å². The Morgan fingerprint density at radius 1 is 1.39 bits per heavy atom. The van der Waals surface area contributed by atoms with Crippen molar-refractivity contribution in [3.8, 4) is 5.88 Å². The second-order valence-corrected chi connectivity index (χ2v) is 5.49. The van der Waals surface area contributed by atoms with Gasteiger partial charge in [-0.15, -0.1) is 11.3 Å². The Morgan fingerprint density at radius 2 is 2.22 bits per heavy atom. The molecule has 0 radical (unpaired) electrons. The van der Waals surface area contributed by atoms with E-state index < -0.39 is 0 Å². The minimum Gasteiger partial charge on any atom is -0.477 e. The van der Waals surface area contributed by atoms with E-state index in [0.717, 1.165) is 16.8 Å². The molecule has 5 nitrogen and oxygen atoms in total. The van der Waals surface area contributed by atoms with Crippen molar-refractivity contribution in [2.24, 2.45) is 11.8 Å². The SMILES string of the molecule is NNc1nc(OCC2CCCC2)c2ccsc2n1. The third kappa shape index (κ3) is 2.26. The molecule has 18 heavy (non-hydrogen) atoms. The van der Waals surface area contributed by atoms with E-state index in [1.165, 1.54) is 25.7 Å². The number of hydrogen-bond acceptors (Lipinski definition) is 6. The first-order valence-electron chi connectivity index (χ1n) is 6.21. The van der Waals surface area contributed by atoms with E-state index in [2.05, 4.69) is 15.4 Å². The van der Waals surface area contributed by atoms with E-state index in [9.17, 15) is 0 Å². The zero-order chi connectivity index (χ0) is 12.4. The molecule has 2 aromatic heterocycles. The maximum Gasteiger partial charge on any atom is 0.241 e. The Hall–Kier alpha value is -1.40. The third-order valence-electron chi connectivity index (χ3n) is 3.35. The highest BCUT2D eigenvalue weighted by Crippen LogP contribution is 2.30. The summed E-state index contributed by atoms with van der Waals surface area (Å²) in [4.78, 5) is 9.48. The van der Waals surface area contributed by atoms with E-state index >= 15 is 0 Å². The number of nitrogens with one attached hydrogen (secondary N) is 1. The average Bonchev–Trinajstić information content (AvgIpc) is 3.06. The molecule has 0 bridgehead atoms. The molecule has 1 saturated carbocycles. The number of hydrazine groups is 1. The number of fused-ring (bicyclic) bond motifs is 1. The van der Waals surface area contributed by atoms with Crippen LogP contribution in [0.3, 0.4) is 0 Å². The number of nitrogens with zero attached hydrogens (tertiary/aromatic N) is 2. The Kier molecular flexibility index (Phi) is 3.29. The zero-order valence-corrected chi connectivity index (χ0v) is 10.9. The molecule has 0 atom stereocenters. The fourth-order valence-corrected chi connectivity index (χ4v) is 3.13. The van der Waals surface area contributed by atoms with Crippen LogP contribution < -0.4 is 16.0 Å². The Bertz CT molecular complexity index is 536. The summed E-state index contributed by atoms with van der Waals surface area (Å²) in [5.41, 5.74) is 2.48. The number of ether oxygens (including phenoxy) is 1. The quantitative estimate of drug-likeness (QED) is 0.656. The number of rotatable bonds is 4. The van der Waals surface area contributed by atoms with Gasteiger partial charge in [-0.1, -0.05) is 12.8 Å². The van der Waals surface area contributed by atoms with Crippen LogP contribution in [0.1, 0.15) is 25.7 Å². The highest BCUT2D eigenvalue weighted by atomic mass is 32.1. The molecule has 1 aliphatic carbocycles. The van der Waals surface area contributed by atoms with Gasteiger partial charge in [0.2, 0.25) is 11.8 Å². The first-order valence-corrected chi connectivity index (χ1v) is 7.09. The number of nitrogen functional groups attached to an aromatic ring is 1.